The van der Waals surface area contributed by atoms with E-state index in [-0.39, 0.29) is 5.91 Å². The molecule has 1 atom stereocenters. The minimum Gasteiger partial charge on any atom is -0.362 e. The molecule has 1 amide bonds. The summed E-state index contributed by atoms with van der Waals surface area (Å²) < 4.78 is 5.07. The third kappa shape index (κ3) is 0.939. The molecule has 0 aliphatic carbocycles. The fraction of sp³-hybridized carbons (Fsp3) is 0.714. The summed E-state index contributed by atoms with van der Waals surface area (Å²) >= 11 is 0. The third-order valence-corrected chi connectivity index (χ3v) is 2.10. The van der Waals surface area contributed by atoms with Gasteiger partial charge in [-0.15, -0.1) is 0 Å². The predicted octanol–water partition coefficient (Wildman–Crippen LogP) is 0.239. The number of rotatable bonds is 1. The maximum absolute atomic E-state index is 11.4. The number of methoxy groups -OCH3 is 1. The number of carbonyl (C=O) groups excluding carboxylic acids is 1. The van der Waals surface area contributed by atoms with Crippen LogP contribution in [-0.2, 0) is 9.53 Å². The quantitative estimate of drug-likeness (QED) is 0.545. The van der Waals surface area contributed by atoms with Gasteiger partial charge in [-0.2, -0.15) is 5.10 Å². The van der Waals surface area contributed by atoms with Crippen LogP contribution in [0.2, 0.25) is 0 Å². The van der Waals surface area contributed by atoms with Gasteiger partial charge >= 0.3 is 0 Å². The van der Waals surface area contributed by atoms with E-state index >= 15 is 0 Å². The molecular weight excluding hydrogens is 144 g/mol. The molecule has 1 heterocycles. The zero-order chi connectivity index (χ0) is 8.65. The first-order chi connectivity index (χ1) is 5.02. The van der Waals surface area contributed by atoms with Crippen LogP contribution in [-0.4, -0.2) is 36.4 Å². The molecule has 4 nitrogen and oxygen atoms in total. The van der Waals surface area contributed by atoms with E-state index in [1.54, 1.807) is 20.9 Å². The number of amides is 1. The molecular formula is C7H12N2O2. The van der Waals surface area contributed by atoms with Crippen molar-refractivity contribution in [3.8, 4) is 0 Å². The van der Waals surface area contributed by atoms with Gasteiger partial charge in [-0.05, 0) is 13.8 Å². The fourth-order valence-electron chi connectivity index (χ4n) is 1.06. The lowest BCUT2D eigenvalue weighted by Crippen LogP contribution is -2.43. The second-order valence-electron chi connectivity index (χ2n) is 2.75. The van der Waals surface area contributed by atoms with Crippen molar-refractivity contribution in [2.24, 2.45) is 5.10 Å². The lowest BCUT2D eigenvalue weighted by Gasteiger charge is -2.19. The van der Waals surface area contributed by atoms with Crippen molar-refractivity contribution in [3.63, 3.8) is 0 Å². The second kappa shape index (κ2) is 2.30. The van der Waals surface area contributed by atoms with Crippen molar-refractivity contribution >= 4 is 11.6 Å². The molecule has 0 saturated carbocycles. The van der Waals surface area contributed by atoms with Gasteiger partial charge in [0.25, 0.3) is 5.91 Å². The Hall–Kier alpha value is -0.900. The molecule has 0 bridgehead atoms. The highest BCUT2D eigenvalue weighted by Gasteiger charge is 2.43. The van der Waals surface area contributed by atoms with Crippen LogP contribution in [0.5, 0.6) is 0 Å². The van der Waals surface area contributed by atoms with E-state index in [0.29, 0.717) is 5.71 Å². The number of likely N-dealkylation sites (N-methyl/N-ethyl adjacent to an activating group) is 1. The first kappa shape index (κ1) is 8.20. The molecule has 0 fully saturated rings. The number of ether oxygens (including phenoxy) is 1. The van der Waals surface area contributed by atoms with Gasteiger partial charge in [-0.1, -0.05) is 0 Å². The van der Waals surface area contributed by atoms with Crippen LogP contribution in [0, 0.1) is 0 Å². The molecule has 1 rings (SSSR count). The number of hydrogen-bond acceptors (Lipinski definition) is 3. The zero-order valence-electron chi connectivity index (χ0n) is 7.21. The van der Waals surface area contributed by atoms with Gasteiger partial charge in [-0.25, -0.2) is 5.01 Å². The van der Waals surface area contributed by atoms with Crippen molar-refractivity contribution in [2.75, 3.05) is 14.2 Å². The van der Waals surface area contributed by atoms with Crippen LogP contribution in [0.4, 0.5) is 0 Å². The maximum atomic E-state index is 11.4. The normalized spacial score (nSPS) is 31.1. The highest BCUT2D eigenvalue weighted by atomic mass is 16.5. The smallest absolute Gasteiger partial charge is 0.280 e. The van der Waals surface area contributed by atoms with Crippen LogP contribution in [0.25, 0.3) is 0 Å². The molecule has 62 valence electrons. The Kier molecular flexibility index (Phi) is 1.72. The molecule has 11 heavy (non-hydrogen) atoms. The van der Waals surface area contributed by atoms with Gasteiger partial charge in [0.1, 0.15) is 0 Å². The Morgan fingerprint density at radius 2 is 2.18 bits per heavy atom. The molecule has 1 aliphatic heterocycles. The number of hydrogen-bond donors (Lipinski definition) is 0. The lowest BCUT2D eigenvalue weighted by molar-refractivity contribution is -0.141. The minimum atomic E-state index is -0.839. The summed E-state index contributed by atoms with van der Waals surface area (Å²) in [5.74, 6) is -0.113. The predicted molar refractivity (Wildman–Crippen MR) is 41.3 cm³/mol. The molecule has 0 N–H and O–H groups in total. The monoisotopic (exact) mass is 156 g/mol. The first-order valence-electron chi connectivity index (χ1n) is 3.41. The third-order valence-electron chi connectivity index (χ3n) is 2.10. The summed E-state index contributed by atoms with van der Waals surface area (Å²) in [6, 6.07) is 0. The average Bonchev–Trinajstić information content (AvgIpc) is 2.16. The van der Waals surface area contributed by atoms with E-state index in [1.807, 2.05) is 0 Å². The van der Waals surface area contributed by atoms with Gasteiger partial charge in [-0.3, -0.25) is 4.79 Å². The van der Waals surface area contributed by atoms with E-state index in [1.165, 1.54) is 12.1 Å². The van der Waals surface area contributed by atoms with Crippen molar-refractivity contribution in [1.29, 1.82) is 0 Å². The van der Waals surface area contributed by atoms with Crippen molar-refractivity contribution in [2.45, 2.75) is 19.4 Å². The SMILES string of the molecule is COC1(C)C(=O)N(C)N=C1C. The summed E-state index contributed by atoms with van der Waals surface area (Å²) in [6.45, 7) is 3.50. The Bertz CT molecular complexity index is 224. The Balaban J connectivity index is 3.00. The molecule has 0 radical (unpaired) electrons. The van der Waals surface area contributed by atoms with Crippen LogP contribution in [0.3, 0.4) is 0 Å². The zero-order valence-corrected chi connectivity index (χ0v) is 7.21. The van der Waals surface area contributed by atoms with E-state index in [9.17, 15) is 4.79 Å². The Morgan fingerprint density at radius 3 is 2.36 bits per heavy atom. The van der Waals surface area contributed by atoms with Gasteiger partial charge < -0.3 is 4.74 Å². The molecule has 0 aromatic carbocycles. The lowest BCUT2D eigenvalue weighted by atomic mass is 10.0. The van der Waals surface area contributed by atoms with Gasteiger partial charge in [0.15, 0.2) is 5.60 Å². The van der Waals surface area contributed by atoms with E-state index in [2.05, 4.69) is 5.10 Å². The highest BCUT2D eigenvalue weighted by molar-refractivity contribution is 6.13. The summed E-state index contributed by atoms with van der Waals surface area (Å²) in [4.78, 5) is 11.4. The minimum absolute atomic E-state index is 0.113. The van der Waals surface area contributed by atoms with E-state index < -0.39 is 5.60 Å². The Labute approximate surface area is 65.8 Å². The maximum Gasteiger partial charge on any atom is 0.280 e. The van der Waals surface area contributed by atoms with Crippen LogP contribution >= 0.6 is 0 Å². The second-order valence-corrected chi connectivity index (χ2v) is 2.75. The molecule has 1 aliphatic rings. The molecule has 1 unspecified atom stereocenters. The standard InChI is InChI=1S/C7H12N2O2/c1-5-7(2,11-4)6(10)9(3)8-5/h1-4H3. The fourth-order valence-corrected chi connectivity index (χ4v) is 1.06. The van der Waals surface area contributed by atoms with E-state index in [0.717, 1.165) is 0 Å². The van der Waals surface area contributed by atoms with Crippen molar-refractivity contribution in [3.05, 3.63) is 0 Å². The number of hydrazone groups is 1. The van der Waals surface area contributed by atoms with Gasteiger partial charge in [0.05, 0.1) is 5.71 Å². The molecule has 0 aromatic rings. The molecule has 0 aromatic heterocycles. The van der Waals surface area contributed by atoms with Crippen LogP contribution in [0.1, 0.15) is 13.8 Å². The number of nitrogens with zero attached hydrogens (tertiary/aromatic N) is 2. The number of carbonyl (C=O) groups is 1. The highest BCUT2D eigenvalue weighted by Crippen LogP contribution is 2.21. The largest absolute Gasteiger partial charge is 0.362 e. The average molecular weight is 156 g/mol. The van der Waals surface area contributed by atoms with Crippen LogP contribution in [0.15, 0.2) is 5.10 Å². The van der Waals surface area contributed by atoms with Crippen molar-refractivity contribution in [1.82, 2.24) is 5.01 Å². The molecule has 4 heteroatoms. The molecule has 0 spiro atoms. The summed E-state index contributed by atoms with van der Waals surface area (Å²) in [7, 11) is 3.13. The van der Waals surface area contributed by atoms with E-state index in [4.69, 9.17) is 4.74 Å². The summed E-state index contributed by atoms with van der Waals surface area (Å²) in [5, 5.41) is 5.27. The van der Waals surface area contributed by atoms with Gasteiger partial charge in [0.2, 0.25) is 0 Å². The van der Waals surface area contributed by atoms with Crippen LogP contribution < -0.4 is 0 Å². The first-order valence-corrected chi connectivity index (χ1v) is 3.41. The van der Waals surface area contributed by atoms with Gasteiger partial charge in [0, 0.05) is 14.2 Å². The summed E-state index contributed by atoms with van der Waals surface area (Å²) in [6.07, 6.45) is 0. The molecule has 0 saturated heterocycles. The Morgan fingerprint density at radius 1 is 1.64 bits per heavy atom. The summed E-state index contributed by atoms with van der Waals surface area (Å²) in [5.41, 5.74) is -0.137. The van der Waals surface area contributed by atoms with Crippen molar-refractivity contribution < 1.29 is 9.53 Å². The topological polar surface area (TPSA) is 41.9 Å².